The number of fused-ring (bicyclic) bond motifs is 1. The van der Waals surface area contributed by atoms with Gasteiger partial charge in [0.15, 0.2) is 5.82 Å². The summed E-state index contributed by atoms with van der Waals surface area (Å²) >= 11 is 0. The Morgan fingerprint density at radius 1 is 0.921 bits per heavy atom. The predicted molar refractivity (Wildman–Crippen MR) is 143 cm³/mol. The average molecular weight is 519 g/mol. The summed E-state index contributed by atoms with van der Waals surface area (Å²) in [6, 6.07) is 7.22. The first-order valence-electron chi connectivity index (χ1n) is 13.4. The molecule has 10 heteroatoms. The Morgan fingerprint density at radius 3 is 2.45 bits per heavy atom. The van der Waals surface area contributed by atoms with Crippen molar-refractivity contribution in [2.24, 2.45) is 0 Å². The Hall–Kier alpha value is -3.50. The molecule has 0 radical (unpaired) electrons. The van der Waals surface area contributed by atoms with Crippen molar-refractivity contribution in [2.75, 3.05) is 38.0 Å². The molecule has 1 aliphatic carbocycles. The number of hydrogen-bond donors (Lipinski definition) is 1. The second-order valence-corrected chi connectivity index (χ2v) is 10.2. The number of likely N-dealkylation sites (N-methyl/N-ethyl adjacent to an activating group) is 1. The number of pyridine rings is 1. The van der Waals surface area contributed by atoms with E-state index in [-0.39, 0.29) is 17.7 Å². The lowest BCUT2D eigenvalue weighted by Crippen LogP contribution is -2.45. The summed E-state index contributed by atoms with van der Waals surface area (Å²) in [5.74, 6) is -0.305. The van der Waals surface area contributed by atoms with Crippen LogP contribution in [0.4, 0.5) is 20.5 Å². The molecule has 2 fully saturated rings. The molecule has 0 atom stereocenters. The van der Waals surface area contributed by atoms with Crippen molar-refractivity contribution in [1.82, 2.24) is 34.5 Å². The van der Waals surface area contributed by atoms with Gasteiger partial charge >= 0.3 is 0 Å². The molecule has 0 bridgehead atoms. The van der Waals surface area contributed by atoms with Crippen molar-refractivity contribution in [3.63, 3.8) is 0 Å². The first-order valence-corrected chi connectivity index (χ1v) is 13.4. The Labute approximate surface area is 220 Å². The SMILES string of the molecule is CCN1CCN(Cc2ccc(Nc3ncc(F)c(-c4cc(F)c5cnn(C6CCCC6)c5c4)n3)nc2)CC1. The minimum absolute atomic E-state index is 0.0327. The molecule has 1 saturated carbocycles. The highest BCUT2D eigenvalue weighted by Crippen LogP contribution is 2.34. The highest BCUT2D eigenvalue weighted by molar-refractivity contribution is 5.84. The molecule has 1 saturated heterocycles. The van der Waals surface area contributed by atoms with E-state index in [2.05, 4.69) is 42.1 Å². The third kappa shape index (κ3) is 5.10. The number of piperazine rings is 1. The van der Waals surface area contributed by atoms with Gasteiger partial charge in [-0.15, -0.1) is 0 Å². The number of rotatable bonds is 7. The van der Waals surface area contributed by atoms with Crippen LogP contribution in [0.3, 0.4) is 0 Å². The number of nitrogens with one attached hydrogen (secondary N) is 1. The van der Waals surface area contributed by atoms with E-state index in [1.165, 1.54) is 6.07 Å². The van der Waals surface area contributed by atoms with Crippen LogP contribution in [0.25, 0.3) is 22.2 Å². The molecular formula is C28H32F2N8. The number of benzene rings is 1. The molecule has 6 rings (SSSR count). The van der Waals surface area contributed by atoms with Crippen LogP contribution in [0, 0.1) is 11.6 Å². The van der Waals surface area contributed by atoms with Gasteiger partial charge in [0.05, 0.1) is 29.3 Å². The van der Waals surface area contributed by atoms with Crippen LogP contribution in [0.2, 0.25) is 0 Å². The van der Waals surface area contributed by atoms with E-state index >= 15 is 4.39 Å². The van der Waals surface area contributed by atoms with Gasteiger partial charge in [0.1, 0.15) is 17.3 Å². The molecule has 4 aromatic rings. The van der Waals surface area contributed by atoms with E-state index in [1.807, 2.05) is 23.0 Å². The van der Waals surface area contributed by atoms with Gasteiger partial charge in [-0.1, -0.05) is 25.8 Å². The molecule has 0 amide bonds. The minimum atomic E-state index is -0.618. The number of aromatic nitrogens is 5. The Balaban J connectivity index is 1.20. The summed E-state index contributed by atoms with van der Waals surface area (Å²) in [7, 11) is 0. The Morgan fingerprint density at radius 2 is 1.71 bits per heavy atom. The normalized spacial score (nSPS) is 17.4. The van der Waals surface area contributed by atoms with Crippen molar-refractivity contribution in [3.8, 4) is 11.3 Å². The van der Waals surface area contributed by atoms with Crippen molar-refractivity contribution in [3.05, 3.63) is 60.1 Å². The number of hydrogen-bond acceptors (Lipinski definition) is 7. The third-order valence-electron chi connectivity index (χ3n) is 7.74. The fourth-order valence-electron chi connectivity index (χ4n) is 5.54. The van der Waals surface area contributed by atoms with Gasteiger partial charge in [0.2, 0.25) is 5.95 Å². The first kappa shape index (κ1) is 24.8. The molecule has 1 aromatic carbocycles. The summed E-state index contributed by atoms with van der Waals surface area (Å²) in [5, 5.41) is 7.94. The molecule has 1 aliphatic heterocycles. The molecule has 198 valence electrons. The van der Waals surface area contributed by atoms with Crippen LogP contribution in [0.1, 0.15) is 44.2 Å². The summed E-state index contributed by atoms with van der Waals surface area (Å²) < 4.78 is 31.7. The van der Waals surface area contributed by atoms with Crippen LogP contribution in [-0.2, 0) is 6.54 Å². The van der Waals surface area contributed by atoms with Crippen LogP contribution in [-0.4, -0.2) is 67.3 Å². The van der Waals surface area contributed by atoms with Crippen LogP contribution >= 0.6 is 0 Å². The molecule has 3 aromatic heterocycles. The smallest absolute Gasteiger partial charge is 0.229 e. The fourth-order valence-corrected chi connectivity index (χ4v) is 5.54. The van der Waals surface area contributed by atoms with E-state index in [1.54, 1.807) is 12.3 Å². The van der Waals surface area contributed by atoms with Crippen molar-refractivity contribution in [1.29, 1.82) is 0 Å². The Kier molecular flexibility index (Phi) is 6.99. The number of anilines is 2. The van der Waals surface area contributed by atoms with Gasteiger partial charge in [-0.25, -0.2) is 23.7 Å². The zero-order valence-corrected chi connectivity index (χ0v) is 21.6. The third-order valence-corrected chi connectivity index (χ3v) is 7.74. The standard InChI is InChI=1S/C28H32F2N8/c1-2-36-9-11-37(12-10-36)18-19-7-8-26(31-15-19)34-28-32-17-24(30)27(35-28)20-13-23(29)22-16-33-38(25(22)14-20)21-5-3-4-6-21/h7-8,13-17,21H,2-6,9-12,18H2,1H3,(H,31,32,34,35). The second kappa shape index (κ2) is 10.7. The maximum Gasteiger partial charge on any atom is 0.229 e. The number of nitrogens with zero attached hydrogens (tertiary/aromatic N) is 7. The van der Waals surface area contributed by atoms with Gasteiger partial charge in [0, 0.05) is 44.5 Å². The van der Waals surface area contributed by atoms with Gasteiger partial charge < -0.3 is 10.2 Å². The van der Waals surface area contributed by atoms with Crippen molar-refractivity contribution < 1.29 is 8.78 Å². The maximum absolute atomic E-state index is 15.0. The second-order valence-electron chi connectivity index (χ2n) is 10.2. The zero-order chi connectivity index (χ0) is 26.1. The summed E-state index contributed by atoms with van der Waals surface area (Å²) in [4.78, 5) is 17.9. The van der Waals surface area contributed by atoms with Crippen molar-refractivity contribution >= 4 is 22.7 Å². The van der Waals surface area contributed by atoms with Gasteiger partial charge in [-0.05, 0) is 43.1 Å². The average Bonchev–Trinajstić information content (AvgIpc) is 3.62. The highest BCUT2D eigenvalue weighted by Gasteiger charge is 2.22. The quantitative estimate of drug-likeness (QED) is 0.362. The molecule has 0 unspecified atom stereocenters. The van der Waals surface area contributed by atoms with Crippen LogP contribution in [0.15, 0.2) is 42.9 Å². The summed E-state index contributed by atoms with van der Waals surface area (Å²) in [5.41, 5.74) is 2.17. The fraction of sp³-hybridized carbons (Fsp3) is 0.429. The predicted octanol–water partition coefficient (Wildman–Crippen LogP) is 5.16. The molecule has 8 nitrogen and oxygen atoms in total. The lowest BCUT2D eigenvalue weighted by Gasteiger charge is -2.33. The lowest BCUT2D eigenvalue weighted by atomic mass is 10.1. The number of halogens is 2. The van der Waals surface area contributed by atoms with E-state index in [4.69, 9.17) is 0 Å². The molecule has 38 heavy (non-hydrogen) atoms. The zero-order valence-electron chi connectivity index (χ0n) is 21.6. The van der Waals surface area contributed by atoms with Crippen LogP contribution in [0.5, 0.6) is 0 Å². The van der Waals surface area contributed by atoms with Gasteiger partial charge in [0.25, 0.3) is 0 Å². The van der Waals surface area contributed by atoms with Crippen LogP contribution < -0.4 is 5.32 Å². The largest absolute Gasteiger partial charge is 0.309 e. The monoisotopic (exact) mass is 518 g/mol. The van der Waals surface area contributed by atoms with Gasteiger partial charge in [-0.3, -0.25) is 9.58 Å². The summed E-state index contributed by atoms with van der Waals surface area (Å²) in [6.45, 7) is 8.43. The summed E-state index contributed by atoms with van der Waals surface area (Å²) in [6.07, 6.45) is 8.79. The maximum atomic E-state index is 15.0. The first-order chi connectivity index (χ1) is 18.6. The molecule has 4 heterocycles. The molecular weight excluding hydrogens is 486 g/mol. The van der Waals surface area contributed by atoms with E-state index in [0.29, 0.717) is 22.3 Å². The van der Waals surface area contributed by atoms with Crippen molar-refractivity contribution in [2.45, 2.75) is 45.2 Å². The minimum Gasteiger partial charge on any atom is -0.309 e. The van der Waals surface area contributed by atoms with Gasteiger partial charge in [-0.2, -0.15) is 5.10 Å². The Bertz CT molecular complexity index is 1410. The molecule has 2 aliphatic rings. The highest BCUT2D eigenvalue weighted by atomic mass is 19.1. The van der Waals surface area contributed by atoms with E-state index in [0.717, 1.165) is 76.7 Å². The van der Waals surface area contributed by atoms with E-state index in [9.17, 15) is 4.39 Å². The topological polar surface area (TPSA) is 75.0 Å². The molecule has 1 N–H and O–H groups in total. The molecule has 0 spiro atoms. The van der Waals surface area contributed by atoms with E-state index < -0.39 is 11.6 Å². The lowest BCUT2D eigenvalue weighted by molar-refractivity contribution is 0.132.